The molecule has 66 valence electrons. The molecule has 11 heavy (non-hydrogen) atoms. The number of carbonyl (C=O) groups excluding carboxylic acids is 1. The van der Waals surface area contributed by atoms with E-state index in [1.54, 1.807) is 20.8 Å². The Bertz CT molecular complexity index is 134. The fraction of sp³-hybridized carbons (Fsp3) is 0.857. The van der Waals surface area contributed by atoms with Gasteiger partial charge in [0.15, 0.2) is 0 Å². The van der Waals surface area contributed by atoms with Crippen molar-refractivity contribution in [3.05, 3.63) is 0 Å². The van der Waals surface area contributed by atoms with Crippen molar-refractivity contribution in [1.29, 1.82) is 0 Å². The zero-order chi connectivity index (χ0) is 8.91. The molecule has 0 spiro atoms. The zero-order valence-electron chi connectivity index (χ0n) is 7.09. The van der Waals surface area contributed by atoms with E-state index in [0.717, 1.165) is 0 Å². The topological polar surface area (TPSA) is 35.5 Å². The van der Waals surface area contributed by atoms with E-state index in [9.17, 15) is 4.79 Å². The minimum Gasteiger partial charge on any atom is -0.463 e. The van der Waals surface area contributed by atoms with Gasteiger partial charge in [-0.05, 0) is 20.8 Å². The second kappa shape index (κ2) is 4.62. The van der Waals surface area contributed by atoms with E-state index in [-0.39, 0.29) is 0 Å². The van der Waals surface area contributed by atoms with Gasteiger partial charge in [-0.15, -0.1) is 12.6 Å². The highest BCUT2D eigenvalue weighted by molar-refractivity contribution is 7.82. The van der Waals surface area contributed by atoms with E-state index in [1.165, 1.54) is 0 Å². The molecule has 0 aliphatic carbocycles. The average Bonchev–Trinajstić information content (AvgIpc) is 1.88. The van der Waals surface area contributed by atoms with Crippen LogP contribution in [0, 0.1) is 0 Å². The summed E-state index contributed by atoms with van der Waals surface area (Å²) in [4.78, 5) is 9.92. The second-order valence-electron chi connectivity index (χ2n) is 2.14. The van der Waals surface area contributed by atoms with Crippen LogP contribution in [0.1, 0.15) is 20.8 Å². The first-order chi connectivity index (χ1) is 5.04. The molecule has 1 unspecified atom stereocenters. The van der Waals surface area contributed by atoms with Gasteiger partial charge in [0.2, 0.25) is 4.93 Å². The van der Waals surface area contributed by atoms with Crippen LogP contribution in [-0.4, -0.2) is 24.1 Å². The van der Waals surface area contributed by atoms with Crippen molar-refractivity contribution >= 4 is 18.6 Å². The van der Waals surface area contributed by atoms with E-state index < -0.39 is 10.9 Å². The number of carbonyl (C=O) groups is 1. The van der Waals surface area contributed by atoms with Gasteiger partial charge in [-0.25, -0.2) is 4.79 Å². The molecule has 0 aromatic heterocycles. The highest BCUT2D eigenvalue weighted by Crippen LogP contribution is 2.16. The molecule has 0 rings (SSSR count). The van der Waals surface area contributed by atoms with Crippen molar-refractivity contribution in [2.45, 2.75) is 25.7 Å². The summed E-state index contributed by atoms with van der Waals surface area (Å²) in [6.45, 7) is 5.90. The van der Waals surface area contributed by atoms with Crippen molar-refractivity contribution in [2.24, 2.45) is 0 Å². The minimum absolute atomic E-state index is 0.349. The third-order valence-electron chi connectivity index (χ3n) is 1.08. The summed E-state index contributed by atoms with van der Waals surface area (Å²) in [6, 6.07) is 0. The van der Waals surface area contributed by atoms with Gasteiger partial charge in [0.1, 0.15) is 0 Å². The Labute approximate surface area is 72.5 Å². The van der Waals surface area contributed by atoms with Crippen LogP contribution >= 0.6 is 12.6 Å². The maximum atomic E-state index is 11.0. The summed E-state index contributed by atoms with van der Waals surface area (Å²) in [5.74, 6) is -0.440. The van der Waals surface area contributed by atoms with Gasteiger partial charge in [-0.1, -0.05) is 0 Å². The van der Waals surface area contributed by atoms with Gasteiger partial charge < -0.3 is 9.47 Å². The standard InChI is InChI=1S/C7H14O3S/c1-4-9-6(8)7(3,11)10-5-2/h11H,4-5H2,1-3H3. The molecule has 0 radical (unpaired) electrons. The van der Waals surface area contributed by atoms with Crippen molar-refractivity contribution in [2.75, 3.05) is 13.2 Å². The van der Waals surface area contributed by atoms with Crippen LogP contribution in [0.4, 0.5) is 0 Å². The van der Waals surface area contributed by atoms with Gasteiger partial charge in [-0.2, -0.15) is 0 Å². The van der Waals surface area contributed by atoms with E-state index in [2.05, 4.69) is 12.6 Å². The largest absolute Gasteiger partial charge is 0.463 e. The Morgan fingerprint density at radius 2 is 2.00 bits per heavy atom. The predicted molar refractivity (Wildman–Crippen MR) is 45.7 cm³/mol. The number of ether oxygens (including phenoxy) is 2. The molecule has 0 bridgehead atoms. The SMILES string of the molecule is CCOC(=O)C(C)(S)OCC. The molecule has 0 N–H and O–H groups in total. The number of thiol groups is 1. The van der Waals surface area contributed by atoms with Gasteiger partial charge in [0.05, 0.1) is 6.61 Å². The third-order valence-corrected chi connectivity index (χ3v) is 1.39. The van der Waals surface area contributed by atoms with Gasteiger partial charge in [0, 0.05) is 6.61 Å². The molecule has 0 saturated carbocycles. The molecule has 4 heteroatoms. The molecule has 0 fully saturated rings. The number of rotatable bonds is 4. The molecular weight excluding hydrogens is 164 g/mol. The van der Waals surface area contributed by atoms with Crippen LogP contribution in [-0.2, 0) is 14.3 Å². The summed E-state index contributed by atoms with van der Waals surface area (Å²) < 4.78 is 9.75. The van der Waals surface area contributed by atoms with Gasteiger partial charge in [-0.3, -0.25) is 0 Å². The molecule has 0 saturated heterocycles. The summed E-state index contributed by atoms with van der Waals surface area (Å²) >= 11 is 4.00. The Hall–Kier alpha value is -0.220. The molecule has 0 aliphatic rings. The van der Waals surface area contributed by atoms with E-state index in [4.69, 9.17) is 9.47 Å². The fourth-order valence-corrected chi connectivity index (χ4v) is 0.799. The summed E-state index contributed by atoms with van der Waals surface area (Å²) in [7, 11) is 0. The maximum absolute atomic E-state index is 11.0. The molecule has 0 heterocycles. The molecule has 0 aromatic rings. The summed E-state index contributed by atoms with van der Waals surface area (Å²) in [5, 5.41) is 0. The second-order valence-corrected chi connectivity index (χ2v) is 2.99. The number of hydrogen-bond acceptors (Lipinski definition) is 4. The van der Waals surface area contributed by atoms with Crippen LogP contribution < -0.4 is 0 Å². The molecule has 0 aliphatic heterocycles. The van der Waals surface area contributed by atoms with Crippen LogP contribution in [0.25, 0.3) is 0 Å². The lowest BCUT2D eigenvalue weighted by atomic mass is 10.4. The fourth-order valence-electron chi connectivity index (χ4n) is 0.605. The highest BCUT2D eigenvalue weighted by Gasteiger charge is 2.30. The lowest BCUT2D eigenvalue weighted by Crippen LogP contribution is -2.34. The molecule has 3 nitrogen and oxygen atoms in total. The Balaban J connectivity index is 3.94. The number of esters is 1. The normalized spacial score (nSPS) is 15.6. The quantitative estimate of drug-likeness (QED) is 0.399. The number of hydrogen-bond donors (Lipinski definition) is 1. The lowest BCUT2D eigenvalue weighted by molar-refractivity contribution is -0.158. The zero-order valence-corrected chi connectivity index (χ0v) is 7.98. The average molecular weight is 178 g/mol. The third kappa shape index (κ3) is 3.62. The molecular formula is C7H14O3S. The highest BCUT2D eigenvalue weighted by atomic mass is 32.1. The maximum Gasteiger partial charge on any atom is 0.348 e. The Kier molecular flexibility index (Phi) is 4.52. The van der Waals surface area contributed by atoms with E-state index in [0.29, 0.717) is 13.2 Å². The first kappa shape index (κ1) is 10.8. The summed E-state index contributed by atoms with van der Waals surface area (Å²) in [6.07, 6.45) is 0. The smallest absolute Gasteiger partial charge is 0.348 e. The van der Waals surface area contributed by atoms with E-state index >= 15 is 0 Å². The van der Waals surface area contributed by atoms with Crippen LogP contribution in [0.2, 0.25) is 0 Å². The van der Waals surface area contributed by atoms with Crippen LogP contribution in [0.3, 0.4) is 0 Å². The summed E-state index contributed by atoms with van der Waals surface area (Å²) in [5.41, 5.74) is 0. The lowest BCUT2D eigenvalue weighted by Gasteiger charge is -2.20. The van der Waals surface area contributed by atoms with Crippen LogP contribution in [0.15, 0.2) is 0 Å². The monoisotopic (exact) mass is 178 g/mol. The molecule has 1 atom stereocenters. The Morgan fingerprint density at radius 1 is 1.45 bits per heavy atom. The van der Waals surface area contributed by atoms with Crippen molar-refractivity contribution in [3.63, 3.8) is 0 Å². The van der Waals surface area contributed by atoms with Crippen molar-refractivity contribution in [1.82, 2.24) is 0 Å². The van der Waals surface area contributed by atoms with Crippen molar-refractivity contribution in [3.8, 4) is 0 Å². The minimum atomic E-state index is -1.11. The Morgan fingerprint density at radius 3 is 2.36 bits per heavy atom. The van der Waals surface area contributed by atoms with Crippen LogP contribution in [0.5, 0.6) is 0 Å². The van der Waals surface area contributed by atoms with Gasteiger partial charge in [0.25, 0.3) is 0 Å². The van der Waals surface area contributed by atoms with E-state index in [1.807, 2.05) is 0 Å². The van der Waals surface area contributed by atoms with Crippen molar-refractivity contribution < 1.29 is 14.3 Å². The molecule has 0 amide bonds. The first-order valence-electron chi connectivity index (χ1n) is 3.58. The molecule has 0 aromatic carbocycles. The van der Waals surface area contributed by atoms with Gasteiger partial charge >= 0.3 is 5.97 Å². The first-order valence-corrected chi connectivity index (χ1v) is 4.02. The predicted octanol–water partition coefficient (Wildman–Crippen LogP) is 1.23.